The Morgan fingerprint density at radius 1 is 1.08 bits per heavy atom. The molecule has 0 aliphatic carbocycles. The highest BCUT2D eigenvalue weighted by atomic mass is 32.1. The van der Waals surface area contributed by atoms with Crippen LogP contribution >= 0.6 is 11.3 Å². The SMILES string of the molecule is CC(=O)N(C)Cc1ccccc1NC(=O)CCC(=O)c1cccs1. The number of Topliss-reactive ketones (excluding diaryl/α,β-unsaturated/α-hetero) is 1. The summed E-state index contributed by atoms with van der Waals surface area (Å²) in [7, 11) is 1.71. The molecule has 0 spiro atoms. The van der Waals surface area contributed by atoms with Crippen LogP contribution in [0.4, 0.5) is 5.69 Å². The molecule has 24 heavy (non-hydrogen) atoms. The van der Waals surface area contributed by atoms with Crippen molar-refractivity contribution >= 4 is 34.6 Å². The van der Waals surface area contributed by atoms with Gasteiger partial charge in [-0.05, 0) is 23.1 Å². The number of thiophene rings is 1. The van der Waals surface area contributed by atoms with Crippen LogP contribution < -0.4 is 5.32 Å². The van der Waals surface area contributed by atoms with Gasteiger partial charge in [0.15, 0.2) is 5.78 Å². The third-order valence-electron chi connectivity index (χ3n) is 3.61. The van der Waals surface area contributed by atoms with Crippen LogP contribution in [0.25, 0.3) is 0 Å². The molecule has 6 heteroatoms. The van der Waals surface area contributed by atoms with Crippen LogP contribution in [0.1, 0.15) is 35.0 Å². The summed E-state index contributed by atoms with van der Waals surface area (Å²) in [6.45, 7) is 1.91. The van der Waals surface area contributed by atoms with Gasteiger partial charge in [-0.15, -0.1) is 11.3 Å². The number of ketones is 1. The van der Waals surface area contributed by atoms with Gasteiger partial charge in [0, 0.05) is 39.0 Å². The standard InChI is InChI=1S/C18H20N2O3S/c1-13(21)20(2)12-14-6-3-4-7-15(14)19-18(23)10-9-16(22)17-8-5-11-24-17/h3-8,11H,9-10,12H2,1-2H3,(H,19,23). The van der Waals surface area contributed by atoms with Gasteiger partial charge in [-0.2, -0.15) is 0 Å². The largest absolute Gasteiger partial charge is 0.342 e. The molecule has 0 radical (unpaired) electrons. The van der Waals surface area contributed by atoms with Crippen molar-refractivity contribution in [3.63, 3.8) is 0 Å². The number of hydrogen-bond donors (Lipinski definition) is 1. The summed E-state index contributed by atoms with van der Waals surface area (Å²) in [5.41, 5.74) is 1.52. The van der Waals surface area contributed by atoms with E-state index in [9.17, 15) is 14.4 Å². The lowest BCUT2D eigenvalue weighted by atomic mass is 10.1. The maximum Gasteiger partial charge on any atom is 0.224 e. The molecule has 1 N–H and O–H groups in total. The highest BCUT2D eigenvalue weighted by molar-refractivity contribution is 7.12. The van der Waals surface area contributed by atoms with Crippen LogP contribution in [0.15, 0.2) is 41.8 Å². The normalized spacial score (nSPS) is 10.2. The molecule has 2 aromatic rings. The molecule has 0 bridgehead atoms. The Morgan fingerprint density at radius 2 is 1.83 bits per heavy atom. The predicted molar refractivity (Wildman–Crippen MR) is 95.1 cm³/mol. The second-order valence-electron chi connectivity index (χ2n) is 5.48. The van der Waals surface area contributed by atoms with Crippen molar-refractivity contribution in [2.24, 2.45) is 0 Å². The summed E-state index contributed by atoms with van der Waals surface area (Å²) in [5, 5.41) is 4.67. The molecule has 0 aliphatic rings. The van der Waals surface area contributed by atoms with E-state index in [0.29, 0.717) is 17.1 Å². The van der Waals surface area contributed by atoms with Crippen LogP contribution in [0.3, 0.4) is 0 Å². The van der Waals surface area contributed by atoms with Gasteiger partial charge in [0.05, 0.1) is 4.88 Å². The number of anilines is 1. The first-order chi connectivity index (χ1) is 11.5. The highest BCUT2D eigenvalue weighted by Crippen LogP contribution is 2.18. The minimum Gasteiger partial charge on any atom is -0.342 e. The molecule has 126 valence electrons. The number of para-hydroxylation sites is 1. The Balaban J connectivity index is 1.94. The molecular weight excluding hydrogens is 324 g/mol. The fraction of sp³-hybridized carbons (Fsp3) is 0.278. The van der Waals surface area contributed by atoms with E-state index in [1.165, 1.54) is 18.3 Å². The van der Waals surface area contributed by atoms with Crippen molar-refractivity contribution in [1.29, 1.82) is 0 Å². The predicted octanol–water partition coefficient (Wildman–Crippen LogP) is 3.33. The van der Waals surface area contributed by atoms with Crippen LogP contribution in [-0.2, 0) is 16.1 Å². The average molecular weight is 344 g/mol. The van der Waals surface area contributed by atoms with E-state index in [0.717, 1.165) is 5.56 Å². The second kappa shape index (κ2) is 8.40. The van der Waals surface area contributed by atoms with Crippen LogP contribution in [0.5, 0.6) is 0 Å². The minimum atomic E-state index is -0.210. The lowest BCUT2D eigenvalue weighted by Crippen LogP contribution is -2.24. The van der Waals surface area contributed by atoms with Crippen molar-refractivity contribution in [2.75, 3.05) is 12.4 Å². The first-order valence-electron chi connectivity index (χ1n) is 7.63. The Bertz CT molecular complexity index is 726. The molecule has 1 aromatic heterocycles. The Kier molecular flexibility index (Phi) is 6.26. The average Bonchev–Trinajstić information content (AvgIpc) is 3.09. The fourth-order valence-corrected chi connectivity index (χ4v) is 2.84. The number of benzene rings is 1. The summed E-state index contributed by atoms with van der Waals surface area (Å²) in [6, 6.07) is 10.9. The van der Waals surface area contributed by atoms with Crippen molar-refractivity contribution < 1.29 is 14.4 Å². The molecule has 0 aliphatic heterocycles. The van der Waals surface area contributed by atoms with Crippen LogP contribution in [-0.4, -0.2) is 29.5 Å². The number of hydrogen-bond acceptors (Lipinski definition) is 4. The summed E-state index contributed by atoms with van der Waals surface area (Å²) in [5.74, 6) is -0.278. The summed E-state index contributed by atoms with van der Waals surface area (Å²) in [6.07, 6.45) is 0.315. The van der Waals surface area contributed by atoms with Gasteiger partial charge in [-0.3, -0.25) is 14.4 Å². The van der Waals surface area contributed by atoms with Crippen molar-refractivity contribution in [1.82, 2.24) is 4.90 Å². The lowest BCUT2D eigenvalue weighted by molar-refractivity contribution is -0.128. The number of nitrogens with one attached hydrogen (secondary N) is 1. The molecule has 0 saturated heterocycles. The zero-order chi connectivity index (χ0) is 17.5. The van der Waals surface area contributed by atoms with E-state index in [1.54, 1.807) is 24.1 Å². The summed E-state index contributed by atoms with van der Waals surface area (Å²) < 4.78 is 0. The molecule has 1 aromatic carbocycles. The van der Waals surface area contributed by atoms with Gasteiger partial charge < -0.3 is 10.2 Å². The molecule has 0 saturated carbocycles. The molecular formula is C18H20N2O3S. The minimum absolute atomic E-state index is 0.0234. The molecule has 2 amide bonds. The number of amides is 2. The Morgan fingerprint density at radius 3 is 2.50 bits per heavy atom. The Labute approximate surface area is 145 Å². The smallest absolute Gasteiger partial charge is 0.224 e. The number of carbonyl (C=O) groups is 3. The van der Waals surface area contributed by atoms with Gasteiger partial charge in [0.2, 0.25) is 11.8 Å². The number of nitrogens with zero attached hydrogens (tertiary/aromatic N) is 1. The third kappa shape index (κ3) is 5.03. The van der Waals surface area contributed by atoms with E-state index in [2.05, 4.69) is 5.32 Å². The number of carbonyl (C=O) groups excluding carboxylic acids is 3. The lowest BCUT2D eigenvalue weighted by Gasteiger charge is -2.17. The van der Waals surface area contributed by atoms with E-state index in [4.69, 9.17) is 0 Å². The maximum atomic E-state index is 12.1. The van der Waals surface area contributed by atoms with E-state index in [1.807, 2.05) is 29.6 Å². The number of rotatable bonds is 7. The highest BCUT2D eigenvalue weighted by Gasteiger charge is 2.12. The summed E-state index contributed by atoms with van der Waals surface area (Å²) in [4.78, 5) is 37.7. The van der Waals surface area contributed by atoms with Crippen molar-refractivity contribution in [2.45, 2.75) is 26.3 Å². The van der Waals surface area contributed by atoms with Gasteiger partial charge in [0.25, 0.3) is 0 Å². The van der Waals surface area contributed by atoms with Crippen LogP contribution in [0.2, 0.25) is 0 Å². The van der Waals surface area contributed by atoms with Gasteiger partial charge in [-0.1, -0.05) is 24.3 Å². The van der Waals surface area contributed by atoms with E-state index < -0.39 is 0 Å². The first-order valence-corrected chi connectivity index (χ1v) is 8.51. The van der Waals surface area contributed by atoms with Gasteiger partial charge >= 0.3 is 0 Å². The third-order valence-corrected chi connectivity index (χ3v) is 4.52. The quantitative estimate of drug-likeness (QED) is 0.784. The second-order valence-corrected chi connectivity index (χ2v) is 6.43. The zero-order valence-corrected chi connectivity index (χ0v) is 14.6. The molecule has 2 rings (SSSR count). The molecule has 1 heterocycles. The monoisotopic (exact) mass is 344 g/mol. The topological polar surface area (TPSA) is 66.5 Å². The first kappa shape index (κ1) is 17.9. The van der Waals surface area contributed by atoms with Gasteiger partial charge in [-0.25, -0.2) is 0 Å². The summed E-state index contributed by atoms with van der Waals surface area (Å²) >= 11 is 1.38. The molecule has 0 unspecified atom stereocenters. The molecule has 0 atom stereocenters. The van der Waals surface area contributed by atoms with E-state index in [-0.39, 0.29) is 30.4 Å². The van der Waals surface area contributed by atoms with E-state index >= 15 is 0 Å². The molecule has 5 nitrogen and oxygen atoms in total. The van der Waals surface area contributed by atoms with Crippen molar-refractivity contribution in [3.8, 4) is 0 Å². The fourth-order valence-electron chi connectivity index (χ4n) is 2.15. The molecule has 0 fully saturated rings. The van der Waals surface area contributed by atoms with Crippen LogP contribution in [0, 0.1) is 0 Å². The van der Waals surface area contributed by atoms with Gasteiger partial charge in [0.1, 0.15) is 0 Å². The van der Waals surface area contributed by atoms with Crippen molar-refractivity contribution in [3.05, 3.63) is 52.2 Å². The maximum absolute atomic E-state index is 12.1. The Hall–Kier alpha value is -2.47. The zero-order valence-electron chi connectivity index (χ0n) is 13.7.